The predicted molar refractivity (Wildman–Crippen MR) is 138 cm³/mol. The molecule has 1 amide bonds. The Kier molecular flexibility index (Phi) is 7.11. The summed E-state index contributed by atoms with van der Waals surface area (Å²) in [6.45, 7) is 2.38. The molecule has 0 spiro atoms. The summed E-state index contributed by atoms with van der Waals surface area (Å²) in [4.78, 5) is 14.8. The van der Waals surface area contributed by atoms with Gasteiger partial charge in [0.2, 0.25) is 0 Å². The molecule has 3 aromatic rings. The number of anilines is 1. The van der Waals surface area contributed by atoms with Crippen molar-refractivity contribution >= 4 is 50.9 Å². The highest BCUT2D eigenvalue weighted by atomic mass is 79.9. The molecule has 168 valence electrons. The minimum atomic E-state index is -0.178. The van der Waals surface area contributed by atoms with Gasteiger partial charge in [0.1, 0.15) is 23.8 Å². The lowest BCUT2D eigenvalue weighted by Crippen LogP contribution is -2.31. The van der Waals surface area contributed by atoms with E-state index >= 15 is 0 Å². The van der Waals surface area contributed by atoms with Crippen LogP contribution in [0.4, 0.5) is 5.69 Å². The molecule has 33 heavy (non-hydrogen) atoms. The first kappa shape index (κ1) is 23.0. The monoisotopic (exact) mass is 522 g/mol. The fourth-order valence-electron chi connectivity index (χ4n) is 3.67. The van der Waals surface area contributed by atoms with E-state index in [1.54, 1.807) is 18.1 Å². The van der Waals surface area contributed by atoms with Gasteiger partial charge in [0, 0.05) is 5.56 Å². The fraction of sp³-hybridized carbons (Fsp3) is 0.154. The average molecular weight is 523 g/mol. The maximum absolute atomic E-state index is 13.2. The molecule has 0 atom stereocenters. The summed E-state index contributed by atoms with van der Waals surface area (Å²) >= 11 is 8.98. The summed E-state index contributed by atoms with van der Waals surface area (Å²) < 4.78 is 12.4. The van der Waals surface area contributed by atoms with E-state index in [2.05, 4.69) is 28.2 Å². The van der Waals surface area contributed by atoms with Crippen LogP contribution in [0.2, 0.25) is 0 Å². The van der Waals surface area contributed by atoms with Crippen LogP contribution in [0.3, 0.4) is 0 Å². The summed E-state index contributed by atoms with van der Waals surface area (Å²) in [5.74, 6) is 1.28. The van der Waals surface area contributed by atoms with Crippen molar-refractivity contribution < 1.29 is 14.3 Å². The first-order chi connectivity index (χ1) is 16.0. The highest BCUT2D eigenvalue weighted by molar-refractivity contribution is 9.10. The van der Waals surface area contributed by atoms with E-state index in [0.29, 0.717) is 23.2 Å². The van der Waals surface area contributed by atoms with E-state index in [1.807, 2.05) is 66.7 Å². The van der Waals surface area contributed by atoms with E-state index in [0.717, 1.165) is 39.0 Å². The van der Waals surface area contributed by atoms with Gasteiger partial charge < -0.3 is 14.8 Å². The van der Waals surface area contributed by atoms with E-state index < -0.39 is 0 Å². The van der Waals surface area contributed by atoms with Crippen molar-refractivity contribution in [1.29, 1.82) is 0 Å². The molecule has 0 unspecified atom stereocenters. The minimum absolute atomic E-state index is 0.178. The molecule has 0 saturated carbocycles. The molecule has 1 aliphatic rings. The van der Waals surface area contributed by atoms with Crippen LogP contribution < -0.4 is 19.7 Å². The molecular weight excluding hydrogens is 500 g/mol. The normalized spacial score (nSPS) is 14.5. The van der Waals surface area contributed by atoms with E-state index in [-0.39, 0.29) is 5.91 Å². The van der Waals surface area contributed by atoms with Crippen LogP contribution in [0.5, 0.6) is 11.5 Å². The second-order valence-electron chi connectivity index (χ2n) is 7.40. The molecule has 1 N–H and O–H groups in total. The van der Waals surface area contributed by atoms with Crippen LogP contribution >= 0.6 is 28.1 Å². The van der Waals surface area contributed by atoms with E-state index in [4.69, 9.17) is 21.7 Å². The second kappa shape index (κ2) is 10.2. The zero-order chi connectivity index (χ0) is 23.4. The van der Waals surface area contributed by atoms with Crippen molar-refractivity contribution in [2.45, 2.75) is 20.0 Å². The number of hydrogen-bond acceptors (Lipinski definition) is 4. The number of ether oxygens (including phenoxy) is 2. The van der Waals surface area contributed by atoms with Crippen LogP contribution in [-0.4, -0.2) is 18.1 Å². The van der Waals surface area contributed by atoms with Gasteiger partial charge in [-0.15, -0.1) is 0 Å². The number of thiocarbonyl (C=S) groups is 1. The van der Waals surface area contributed by atoms with Crippen LogP contribution in [0.15, 0.2) is 76.9 Å². The number of nitrogens with zero attached hydrogens (tertiary/aromatic N) is 1. The zero-order valence-corrected chi connectivity index (χ0v) is 20.7. The predicted octanol–water partition coefficient (Wildman–Crippen LogP) is 5.86. The van der Waals surface area contributed by atoms with Crippen molar-refractivity contribution in [3.05, 3.63) is 93.6 Å². The number of methoxy groups -OCH3 is 1. The number of aryl methyl sites for hydroxylation is 1. The third kappa shape index (κ3) is 4.94. The van der Waals surface area contributed by atoms with Gasteiger partial charge in [0.25, 0.3) is 5.91 Å². The molecule has 1 saturated heterocycles. The van der Waals surface area contributed by atoms with Crippen LogP contribution in [-0.2, 0) is 17.8 Å². The SMILES string of the molecule is CCc1ccccc1N1C(=O)/C(=C\c2ccc(OC)c(COc3ccccc3Br)c2)NC1=S. The average Bonchev–Trinajstić information content (AvgIpc) is 3.11. The van der Waals surface area contributed by atoms with Gasteiger partial charge in [-0.05, 0) is 82.1 Å². The van der Waals surface area contributed by atoms with Crippen LogP contribution in [0, 0.1) is 0 Å². The lowest BCUT2D eigenvalue weighted by atomic mass is 10.1. The number of hydrogen-bond donors (Lipinski definition) is 1. The van der Waals surface area contributed by atoms with Crippen molar-refractivity contribution in [1.82, 2.24) is 5.32 Å². The van der Waals surface area contributed by atoms with Gasteiger partial charge in [0.15, 0.2) is 5.11 Å². The Morgan fingerprint density at radius 2 is 1.79 bits per heavy atom. The Morgan fingerprint density at radius 1 is 1.03 bits per heavy atom. The number of amides is 1. The van der Waals surface area contributed by atoms with Gasteiger partial charge in [-0.2, -0.15) is 0 Å². The Labute approximate surface area is 207 Å². The third-order valence-electron chi connectivity index (χ3n) is 5.33. The zero-order valence-electron chi connectivity index (χ0n) is 18.3. The molecule has 1 heterocycles. The highest BCUT2D eigenvalue weighted by Gasteiger charge is 2.33. The number of rotatable bonds is 7. The molecule has 1 fully saturated rings. The molecule has 5 nitrogen and oxygen atoms in total. The maximum atomic E-state index is 13.2. The first-order valence-electron chi connectivity index (χ1n) is 10.5. The lowest BCUT2D eigenvalue weighted by Gasteiger charge is -2.17. The summed E-state index contributed by atoms with van der Waals surface area (Å²) in [6.07, 6.45) is 2.60. The Morgan fingerprint density at radius 3 is 2.55 bits per heavy atom. The maximum Gasteiger partial charge on any atom is 0.281 e. The van der Waals surface area contributed by atoms with Gasteiger partial charge >= 0.3 is 0 Å². The van der Waals surface area contributed by atoms with Crippen molar-refractivity contribution in [3.8, 4) is 11.5 Å². The minimum Gasteiger partial charge on any atom is -0.496 e. The Hall–Kier alpha value is -3.16. The molecule has 4 rings (SSSR count). The molecule has 0 bridgehead atoms. The summed E-state index contributed by atoms with van der Waals surface area (Å²) in [5, 5.41) is 3.44. The molecule has 7 heteroatoms. The lowest BCUT2D eigenvalue weighted by molar-refractivity contribution is -0.113. The van der Waals surface area contributed by atoms with Crippen LogP contribution in [0.25, 0.3) is 6.08 Å². The second-order valence-corrected chi connectivity index (χ2v) is 8.64. The number of para-hydroxylation sites is 2. The van der Waals surface area contributed by atoms with Crippen molar-refractivity contribution in [2.75, 3.05) is 12.0 Å². The van der Waals surface area contributed by atoms with Gasteiger partial charge in [-0.25, -0.2) is 0 Å². The van der Waals surface area contributed by atoms with Crippen molar-refractivity contribution in [2.24, 2.45) is 0 Å². The summed E-state index contributed by atoms with van der Waals surface area (Å²) in [5.41, 5.74) is 4.00. The molecule has 0 aliphatic carbocycles. The largest absolute Gasteiger partial charge is 0.496 e. The van der Waals surface area contributed by atoms with Gasteiger partial charge in [0.05, 0.1) is 17.3 Å². The van der Waals surface area contributed by atoms with E-state index in [9.17, 15) is 4.79 Å². The molecule has 0 aromatic heterocycles. The van der Waals surface area contributed by atoms with Crippen LogP contribution in [0.1, 0.15) is 23.6 Å². The standard InChI is InChI=1S/C26H23BrN2O3S/c1-3-18-8-4-6-10-22(18)29-25(30)21(28-26(29)33)15-17-12-13-23(31-2)19(14-17)16-32-24-11-7-5-9-20(24)27/h4-15H,3,16H2,1-2H3,(H,28,33)/b21-15+. The molecular formula is C26H23BrN2O3S. The summed E-state index contributed by atoms with van der Waals surface area (Å²) in [6, 6.07) is 21.2. The quantitative estimate of drug-likeness (QED) is 0.311. The number of halogens is 1. The van der Waals surface area contributed by atoms with Gasteiger partial charge in [-0.1, -0.05) is 43.3 Å². The summed E-state index contributed by atoms with van der Waals surface area (Å²) in [7, 11) is 1.62. The Balaban J connectivity index is 1.60. The Bertz CT molecular complexity index is 1240. The fourth-order valence-corrected chi connectivity index (χ4v) is 4.36. The number of carbonyl (C=O) groups excluding carboxylic acids is 1. The molecule has 0 radical (unpaired) electrons. The molecule has 1 aliphatic heterocycles. The number of nitrogens with one attached hydrogen (secondary N) is 1. The third-order valence-corrected chi connectivity index (χ3v) is 6.27. The van der Waals surface area contributed by atoms with Crippen molar-refractivity contribution in [3.63, 3.8) is 0 Å². The smallest absolute Gasteiger partial charge is 0.281 e. The first-order valence-corrected chi connectivity index (χ1v) is 11.7. The number of benzene rings is 3. The number of carbonyl (C=O) groups is 1. The van der Waals surface area contributed by atoms with E-state index in [1.165, 1.54) is 0 Å². The highest BCUT2D eigenvalue weighted by Crippen LogP contribution is 2.29. The topological polar surface area (TPSA) is 50.8 Å². The molecule has 3 aromatic carbocycles. The van der Waals surface area contributed by atoms with Gasteiger partial charge in [-0.3, -0.25) is 9.69 Å².